The summed E-state index contributed by atoms with van der Waals surface area (Å²) in [5.74, 6) is 0.671. The first-order valence-corrected chi connectivity index (χ1v) is 12.2. The molecule has 1 N–H and O–H groups in total. The molecule has 0 amide bonds. The van der Waals surface area contributed by atoms with Gasteiger partial charge in [0, 0.05) is 46.5 Å². The molecule has 3 aromatic carbocycles. The summed E-state index contributed by atoms with van der Waals surface area (Å²) in [7, 11) is 0. The molecule has 0 spiro atoms. The average Bonchev–Trinajstić information content (AvgIpc) is 3.39. The molecule has 9 nitrogen and oxygen atoms in total. The maximum absolute atomic E-state index is 12.7. The number of carbonyl (C=O) groups excluding carboxylic acids is 1. The van der Waals surface area contributed by atoms with E-state index in [2.05, 4.69) is 0 Å². The monoisotopic (exact) mass is 522 g/mol. The summed E-state index contributed by atoms with van der Waals surface area (Å²) in [6.07, 6.45) is 4.78. The van der Waals surface area contributed by atoms with Crippen molar-refractivity contribution in [2.75, 3.05) is 13.2 Å². The van der Waals surface area contributed by atoms with Crippen molar-refractivity contribution in [1.82, 2.24) is 9.78 Å². The number of hydrogen-bond donors (Lipinski definition) is 1. The zero-order chi connectivity index (χ0) is 26.8. The molecule has 194 valence electrons. The van der Waals surface area contributed by atoms with E-state index >= 15 is 0 Å². The molecule has 0 aliphatic carbocycles. The molecular weight excluding hydrogens is 500 g/mol. The van der Waals surface area contributed by atoms with Crippen LogP contribution in [0.3, 0.4) is 0 Å². The second kappa shape index (κ2) is 10.2. The zero-order valence-corrected chi connectivity index (χ0v) is 20.6. The van der Waals surface area contributed by atoms with Crippen LogP contribution in [0.5, 0.6) is 17.2 Å². The smallest absolute Gasteiger partial charge is 0.336 e. The van der Waals surface area contributed by atoms with Crippen LogP contribution in [0.25, 0.3) is 34.0 Å². The number of fused-ring (bicyclic) bond motifs is 2. The molecule has 2 aromatic heterocycles. The van der Waals surface area contributed by atoms with E-state index in [1.165, 1.54) is 24.3 Å². The van der Waals surface area contributed by atoms with Crippen LogP contribution in [-0.4, -0.2) is 34.1 Å². The Labute approximate surface area is 222 Å². The Hall–Kier alpha value is -5.31. The number of carbonyl (C=O) groups is 1. The van der Waals surface area contributed by atoms with Gasteiger partial charge in [0.2, 0.25) is 0 Å². The van der Waals surface area contributed by atoms with Crippen LogP contribution in [0, 0.1) is 0 Å². The van der Waals surface area contributed by atoms with E-state index in [4.69, 9.17) is 23.7 Å². The van der Waals surface area contributed by atoms with Gasteiger partial charge in [-0.05, 0) is 48.5 Å². The van der Waals surface area contributed by atoms with Crippen molar-refractivity contribution >= 4 is 23.0 Å². The molecule has 0 unspecified atom stereocenters. The predicted molar refractivity (Wildman–Crippen MR) is 143 cm³/mol. The maximum Gasteiger partial charge on any atom is 0.336 e. The lowest BCUT2D eigenvalue weighted by atomic mass is 10.1. The molecular formula is C30H22N2O7. The van der Waals surface area contributed by atoms with Gasteiger partial charge in [-0.1, -0.05) is 18.2 Å². The van der Waals surface area contributed by atoms with Gasteiger partial charge >= 0.3 is 11.6 Å². The van der Waals surface area contributed by atoms with Crippen LogP contribution in [-0.2, 0) is 16.1 Å². The molecule has 1 aliphatic rings. The van der Waals surface area contributed by atoms with Gasteiger partial charge in [-0.25, -0.2) is 14.3 Å². The number of aromatic nitrogens is 2. The third-order valence-corrected chi connectivity index (χ3v) is 6.16. The van der Waals surface area contributed by atoms with Crippen LogP contribution in [0.2, 0.25) is 0 Å². The number of nitrogens with zero attached hydrogens (tertiary/aromatic N) is 2. The number of para-hydroxylation sites is 1. The SMILES string of the molecule is O=C(C=Cc1cn(-c2ccccc2)nc1-c1ccc2c(c1)OCCO2)OCc1cc(=O)oc2cc(O)ccc12. The van der Waals surface area contributed by atoms with Gasteiger partial charge < -0.3 is 23.7 Å². The molecule has 0 saturated carbocycles. The van der Waals surface area contributed by atoms with Crippen molar-refractivity contribution in [1.29, 1.82) is 0 Å². The Morgan fingerprint density at radius 1 is 1.00 bits per heavy atom. The average molecular weight is 523 g/mol. The van der Waals surface area contributed by atoms with E-state index in [0.717, 1.165) is 11.3 Å². The molecule has 9 heteroatoms. The van der Waals surface area contributed by atoms with Gasteiger partial charge in [-0.3, -0.25) is 0 Å². The molecule has 6 rings (SSSR count). The Balaban J connectivity index is 1.27. The fourth-order valence-corrected chi connectivity index (χ4v) is 4.33. The highest BCUT2D eigenvalue weighted by Gasteiger charge is 2.17. The number of esters is 1. The summed E-state index contributed by atoms with van der Waals surface area (Å²) in [6, 6.07) is 20.9. The first-order chi connectivity index (χ1) is 19.0. The topological polar surface area (TPSA) is 113 Å². The number of aromatic hydroxyl groups is 1. The minimum absolute atomic E-state index is 0.0346. The Morgan fingerprint density at radius 3 is 2.67 bits per heavy atom. The minimum Gasteiger partial charge on any atom is -0.508 e. The highest BCUT2D eigenvalue weighted by molar-refractivity contribution is 5.89. The number of benzene rings is 3. The Bertz CT molecular complexity index is 1770. The van der Waals surface area contributed by atoms with Crippen molar-refractivity contribution in [3.05, 3.63) is 107 Å². The first-order valence-electron chi connectivity index (χ1n) is 12.2. The highest BCUT2D eigenvalue weighted by atomic mass is 16.6. The molecule has 0 bridgehead atoms. The zero-order valence-electron chi connectivity index (χ0n) is 20.6. The lowest BCUT2D eigenvalue weighted by Crippen LogP contribution is -2.15. The van der Waals surface area contributed by atoms with Crippen molar-refractivity contribution in [2.24, 2.45) is 0 Å². The summed E-state index contributed by atoms with van der Waals surface area (Å²) < 4.78 is 23.7. The van der Waals surface area contributed by atoms with Crippen LogP contribution in [0.4, 0.5) is 0 Å². The summed E-state index contributed by atoms with van der Waals surface area (Å²) in [5, 5.41) is 15.0. The van der Waals surface area contributed by atoms with Gasteiger partial charge in [0.05, 0.1) is 5.69 Å². The Kier molecular flexibility index (Phi) is 6.30. The van der Waals surface area contributed by atoms with E-state index in [1.54, 1.807) is 16.8 Å². The number of rotatable bonds is 6. The number of ether oxygens (including phenoxy) is 3. The normalized spacial score (nSPS) is 12.6. The maximum atomic E-state index is 12.7. The van der Waals surface area contributed by atoms with Crippen molar-refractivity contribution in [3.63, 3.8) is 0 Å². The molecule has 3 heterocycles. The van der Waals surface area contributed by atoms with Gasteiger partial charge in [0.15, 0.2) is 11.5 Å². The second-order valence-corrected chi connectivity index (χ2v) is 8.78. The molecule has 5 aromatic rings. The molecule has 0 saturated heterocycles. The lowest BCUT2D eigenvalue weighted by Gasteiger charge is -2.18. The predicted octanol–water partition coefficient (Wildman–Crippen LogP) is 4.88. The van der Waals surface area contributed by atoms with E-state index in [1.807, 2.05) is 54.7 Å². The van der Waals surface area contributed by atoms with Crippen LogP contribution in [0.1, 0.15) is 11.1 Å². The fraction of sp³-hybridized carbons (Fsp3) is 0.100. The van der Waals surface area contributed by atoms with Crippen molar-refractivity contribution in [3.8, 4) is 34.2 Å². The molecule has 0 atom stereocenters. The molecule has 1 aliphatic heterocycles. The highest BCUT2D eigenvalue weighted by Crippen LogP contribution is 2.35. The number of phenolic OH excluding ortho intramolecular Hbond substituents is 1. The minimum atomic E-state index is -0.605. The van der Waals surface area contributed by atoms with E-state index in [-0.39, 0.29) is 17.9 Å². The largest absolute Gasteiger partial charge is 0.508 e. The quantitative estimate of drug-likeness (QED) is 0.191. The third kappa shape index (κ3) is 5.10. The molecule has 0 radical (unpaired) electrons. The number of hydrogen-bond acceptors (Lipinski definition) is 8. The summed E-state index contributed by atoms with van der Waals surface area (Å²) >= 11 is 0. The van der Waals surface area contributed by atoms with Crippen LogP contribution in [0.15, 0.2) is 94.3 Å². The van der Waals surface area contributed by atoms with Gasteiger partial charge in [0.1, 0.15) is 36.8 Å². The summed E-state index contributed by atoms with van der Waals surface area (Å²) in [5.41, 5.74) is 3.07. The van der Waals surface area contributed by atoms with Crippen molar-refractivity contribution < 1.29 is 28.5 Å². The van der Waals surface area contributed by atoms with Crippen LogP contribution >= 0.6 is 0 Å². The summed E-state index contributed by atoms with van der Waals surface area (Å²) in [4.78, 5) is 24.6. The first kappa shape index (κ1) is 24.1. The fourth-order valence-electron chi connectivity index (χ4n) is 4.33. The van der Waals surface area contributed by atoms with Crippen molar-refractivity contribution in [2.45, 2.75) is 6.61 Å². The van der Waals surface area contributed by atoms with E-state index in [0.29, 0.717) is 46.9 Å². The number of phenols is 1. The van der Waals surface area contributed by atoms with E-state index in [9.17, 15) is 14.7 Å². The van der Waals surface area contributed by atoms with Crippen LogP contribution < -0.4 is 15.1 Å². The van der Waals surface area contributed by atoms with Gasteiger partial charge in [-0.2, -0.15) is 5.10 Å². The Morgan fingerprint density at radius 2 is 1.82 bits per heavy atom. The standard InChI is InChI=1S/C30H22N2O7/c33-23-8-9-24-21(15-29(35)39-26(24)16-23)18-38-28(34)11-7-20-17-32(22-4-2-1-3-5-22)31-30(20)19-6-10-25-27(14-19)37-13-12-36-25/h1-11,14-17,33H,12-13,18H2. The summed E-state index contributed by atoms with van der Waals surface area (Å²) in [6.45, 7) is 0.818. The second-order valence-electron chi connectivity index (χ2n) is 8.78. The van der Waals surface area contributed by atoms with Gasteiger partial charge in [-0.15, -0.1) is 0 Å². The van der Waals surface area contributed by atoms with Gasteiger partial charge in [0.25, 0.3) is 0 Å². The lowest BCUT2D eigenvalue weighted by molar-refractivity contribution is -0.138. The molecule has 0 fully saturated rings. The van der Waals surface area contributed by atoms with E-state index < -0.39 is 11.6 Å². The molecule has 39 heavy (non-hydrogen) atoms. The third-order valence-electron chi connectivity index (χ3n) is 6.16.